The molecule has 0 aliphatic rings. The molecule has 0 aliphatic heterocycles. The fraction of sp³-hybridized carbons (Fsp3) is 0.0667. The number of pyridine rings is 1. The van der Waals surface area contributed by atoms with Crippen molar-refractivity contribution in [2.45, 2.75) is 6.36 Å². The average molecular weight is 293 g/mol. The Labute approximate surface area is 118 Å². The minimum atomic E-state index is -4.74. The van der Waals surface area contributed by atoms with Crippen molar-refractivity contribution < 1.29 is 22.7 Å². The monoisotopic (exact) mass is 293 g/mol. The normalized spacial score (nSPS) is 11.6. The van der Waals surface area contributed by atoms with Crippen LogP contribution in [0.2, 0.25) is 0 Å². The topological polar surface area (TPSA) is 39.2 Å². The summed E-state index contributed by atoms with van der Waals surface area (Å²) >= 11 is 0. The first kappa shape index (κ1) is 14.8. The van der Waals surface area contributed by atoms with E-state index in [4.69, 9.17) is 0 Å². The van der Waals surface area contributed by atoms with E-state index in [-0.39, 0.29) is 17.1 Å². The molecule has 0 aliphatic carbocycles. The molecule has 0 amide bonds. The number of halogens is 3. The van der Waals surface area contributed by atoms with Gasteiger partial charge in [-0.15, -0.1) is 13.2 Å². The quantitative estimate of drug-likeness (QED) is 0.634. The van der Waals surface area contributed by atoms with Gasteiger partial charge < -0.3 is 4.74 Å². The number of hydrogen-bond donors (Lipinski definition) is 0. The molecule has 21 heavy (non-hydrogen) atoms. The number of benzene rings is 1. The van der Waals surface area contributed by atoms with Crippen LogP contribution in [0.25, 0.3) is 6.08 Å². The Morgan fingerprint density at radius 3 is 2.43 bits per heavy atom. The molecule has 2 rings (SSSR count). The molecule has 2 aromatic rings. The molecule has 1 aromatic carbocycles. The van der Waals surface area contributed by atoms with Gasteiger partial charge in [-0.3, -0.25) is 9.78 Å². The lowest BCUT2D eigenvalue weighted by molar-refractivity contribution is -0.274. The molecule has 0 spiro atoms. The summed E-state index contributed by atoms with van der Waals surface area (Å²) in [4.78, 5) is 15.7. The highest BCUT2D eigenvalue weighted by atomic mass is 19.4. The second-order valence-corrected chi connectivity index (χ2v) is 4.06. The van der Waals surface area contributed by atoms with Crippen LogP contribution in [-0.4, -0.2) is 17.1 Å². The van der Waals surface area contributed by atoms with Crippen molar-refractivity contribution in [3.05, 3.63) is 66.0 Å². The van der Waals surface area contributed by atoms with Gasteiger partial charge in [-0.1, -0.05) is 6.07 Å². The van der Waals surface area contributed by atoms with Crippen LogP contribution in [0.1, 0.15) is 15.9 Å². The van der Waals surface area contributed by atoms with Crippen LogP contribution in [0.15, 0.2) is 54.9 Å². The minimum absolute atomic E-state index is 0.268. The van der Waals surface area contributed by atoms with Crippen LogP contribution < -0.4 is 4.74 Å². The summed E-state index contributed by atoms with van der Waals surface area (Å²) in [5.41, 5.74) is 1.02. The van der Waals surface area contributed by atoms with Gasteiger partial charge in [0.05, 0.1) is 0 Å². The molecular weight excluding hydrogens is 283 g/mol. The molecule has 108 valence electrons. The van der Waals surface area contributed by atoms with Crippen LogP contribution in [0, 0.1) is 0 Å². The molecule has 0 saturated heterocycles. The summed E-state index contributed by atoms with van der Waals surface area (Å²) in [5.74, 6) is -0.687. The molecule has 3 nitrogen and oxygen atoms in total. The largest absolute Gasteiger partial charge is 0.573 e. The van der Waals surface area contributed by atoms with Crippen molar-refractivity contribution in [2.75, 3.05) is 0 Å². The van der Waals surface area contributed by atoms with Gasteiger partial charge in [0, 0.05) is 18.0 Å². The van der Waals surface area contributed by atoms with Crippen molar-refractivity contribution in [1.82, 2.24) is 4.98 Å². The molecule has 0 N–H and O–H groups in total. The van der Waals surface area contributed by atoms with E-state index in [1.165, 1.54) is 18.2 Å². The Morgan fingerprint density at radius 1 is 1.14 bits per heavy atom. The molecule has 0 unspecified atom stereocenters. The lowest BCUT2D eigenvalue weighted by Gasteiger charge is -2.08. The zero-order valence-corrected chi connectivity index (χ0v) is 10.7. The lowest BCUT2D eigenvalue weighted by Crippen LogP contribution is -2.17. The number of nitrogens with zero attached hydrogens (tertiary/aromatic N) is 1. The second-order valence-electron chi connectivity index (χ2n) is 4.06. The zero-order valence-electron chi connectivity index (χ0n) is 10.7. The van der Waals surface area contributed by atoms with Crippen molar-refractivity contribution in [2.24, 2.45) is 0 Å². The number of alkyl halides is 3. The molecule has 0 saturated carbocycles. The summed E-state index contributed by atoms with van der Waals surface area (Å²) in [7, 11) is 0. The third-order valence-corrected chi connectivity index (χ3v) is 2.48. The number of ketones is 1. The highest BCUT2D eigenvalue weighted by Crippen LogP contribution is 2.22. The number of ether oxygens (including phenoxy) is 1. The van der Waals surface area contributed by atoms with E-state index >= 15 is 0 Å². The molecule has 6 heteroatoms. The molecule has 0 atom stereocenters. The fourth-order valence-electron chi connectivity index (χ4n) is 1.56. The van der Waals surface area contributed by atoms with E-state index in [0.29, 0.717) is 0 Å². The molecule has 0 fully saturated rings. The maximum Gasteiger partial charge on any atom is 0.573 e. The Kier molecular flexibility index (Phi) is 4.37. The smallest absolute Gasteiger partial charge is 0.406 e. The molecule has 1 aromatic heterocycles. The summed E-state index contributed by atoms with van der Waals surface area (Å²) in [6, 6.07) is 8.25. The first-order valence-electron chi connectivity index (χ1n) is 5.92. The summed E-state index contributed by atoms with van der Waals surface area (Å²) < 4.78 is 39.7. The Balaban J connectivity index is 2.05. The number of carbonyl (C=O) groups is 1. The number of carbonyl (C=O) groups excluding carboxylic acids is 1. The number of hydrogen-bond acceptors (Lipinski definition) is 3. The summed E-state index contributed by atoms with van der Waals surface area (Å²) in [6.07, 6.45) is 1.36. The fourth-order valence-corrected chi connectivity index (χ4v) is 1.56. The second kappa shape index (κ2) is 6.21. The molecule has 0 bridgehead atoms. The van der Waals surface area contributed by atoms with Crippen molar-refractivity contribution >= 4 is 11.9 Å². The minimum Gasteiger partial charge on any atom is -0.406 e. The van der Waals surface area contributed by atoms with E-state index in [9.17, 15) is 18.0 Å². The van der Waals surface area contributed by atoms with Crippen LogP contribution in [-0.2, 0) is 0 Å². The number of rotatable bonds is 4. The van der Waals surface area contributed by atoms with Crippen molar-refractivity contribution in [3.63, 3.8) is 0 Å². The van der Waals surface area contributed by atoms with Crippen molar-refractivity contribution in [1.29, 1.82) is 0 Å². The van der Waals surface area contributed by atoms with E-state index < -0.39 is 6.36 Å². The predicted octanol–water partition coefficient (Wildman–Crippen LogP) is 3.88. The first-order valence-corrected chi connectivity index (χ1v) is 5.92. The van der Waals surface area contributed by atoms with Gasteiger partial charge in [-0.25, -0.2) is 0 Å². The van der Waals surface area contributed by atoms with Gasteiger partial charge in [0.25, 0.3) is 0 Å². The molecule has 1 heterocycles. The summed E-state index contributed by atoms with van der Waals surface area (Å²) in [5, 5.41) is 0. The van der Waals surface area contributed by atoms with E-state index in [1.54, 1.807) is 30.6 Å². The van der Waals surface area contributed by atoms with Gasteiger partial charge >= 0.3 is 6.36 Å². The van der Waals surface area contributed by atoms with Crippen LogP contribution in [0.3, 0.4) is 0 Å². The van der Waals surface area contributed by atoms with E-state index in [2.05, 4.69) is 9.72 Å². The van der Waals surface area contributed by atoms with Crippen molar-refractivity contribution in [3.8, 4) is 5.75 Å². The maximum absolute atomic E-state index is 12.0. The Hall–Kier alpha value is -2.63. The van der Waals surface area contributed by atoms with Crippen LogP contribution in [0.4, 0.5) is 13.2 Å². The SMILES string of the molecule is O=C(/C=C/c1cccnc1)c1ccc(OC(F)(F)F)cc1. The third-order valence-electron chi connectivity index (χ3n) is 2.48. The van der Waals surface area contributed by atoms with E-state index in [0.717, 1.165) is 17.7 Å². The first-order chi connectivity index (χ1) is 9.94. The highest BCUT2D eigenvalue weighted by Gasteiger charge is 2.30. The van der Waals surface area contributed by atoms with Gasteiger partial charge in [-0.2, -0.15) is 0 Å². The zero-order chi connectivity index (χ0) is 15.3. The Bertz CT molecular complexity index is 634. The number of aromatic nitrogens is 1. The van der Waals surface area contributed by atoms with Gasteiger partial charge in [0.2, 0.25) is 0 Å². The average Bonchev–Trinajstić information content (AvgIpc) is 2.45. The van der Waals surface area contributed by atoms with Gasteiger partial charge in [0.1, 0.15) is 5.75 Å². The lowest BCUT2D eigenvalue weighted by atomic mass is 10.1. The third kappa shape index (κ3) is 4.76. The van der Waals surface area contributed by atoms with E-state index in [1.807, 2.05) is 0 Å². The highest BCUT2D eigenvalue weighted by molar-refractivity contribution is 6.06. The molecular formula is C15H10F3NO2. The molecule has 0 radical (unpaired) electrons. The maximum atomic E-state index is 12.0. The Morgan fingerprint density at radius 2 is 1.86 bits per heavy atom. The predicted molar refractivity (Wildman–Crippen MR) is 70.7 cm³/mol. The summed E-state index contributed by atoms with van der Waals surface area (Å²) in [6.45, 7) is 0. The van der Waals surface area contributed by atoms with Gasteiger partial charge in [0.15, 0.2) is 5.78 Å². The van der Waals surface area contributed by atoms with Gasteiger partial charge in [-0.05, 0) is 48.0 Å². The number of allylic oxidation sites excluding steroid dienone is 1. The van der Waals surface area contributed by atoms with Crippen LogP contribution in [0.5, 0.6) is 5.75 Å². The van der Waals surface area contributed by atoms with Crippen LogP contribution >= 0.6 is 0 Å². The standard InChI is InChI=1S/C15H10F3NO2/c16-15(17,18)21-13-6-4-12(5-7-13)14(20)8-3-11-2-1-9-19-10-11/h1-10H/b8-3+.